The number of thioether (sulfide) groups is 1. The van der Waals surface area contributed by atoms with Gasteiger partial charge in [-0.1, -0.05) is 54.2 Å². The highest BCUT2D eigenvalue weighted by Crippen LogP contribution is 2.26. The molecule has 0 saturated carbocycles. The number of carbonyl (C=O) groups excluding carboxylic acids is 1. The van der Waals surface area contributed by atoms with E-state index in [4.69, 9.17) is 0 Å². The van der Waals surface area contributed by atoms with Crippen LogP contribution < -0.4 is 0 Å². The Labute approximate surface area is 167 Å². The molecule has 0 spiro atoms. The van der Waals surface area contributed by atoms with Gasteiger partial charge in [-0.25, -0.2) is 0 Å². The highest BCUT2D eigenvalue weighted by molar-refractivity contribution is 7.99. The monoisotopic (exact) mass is 388 g/mol. The summed E-state index contributed by atoms with van der Waals surface area (Å²) >= 11 is 1.46. The van der Waals surface area contributed by atoms with Gasteiger partial charge in [0.1, 0.15) is 0 Å². The van der Waals surface area contributed by atoms with Crippen LogP contribution in [-0.4, -0.2) is 37.7 Å². The zero-order valence-corrected chi connectivity index (χ0v) is 16.4. The molecule has 2 aromatic heterocycles. The van der Waals surface area contributed by atoms with Gasteiger partial charge in [0.05, 0.1) is 11.3 Å². The number of hydrogen-bond acceptors (Lipinski definition) is 4. The summed E-state index contributed by atoms with van der Waals surface area (Å²) in [5.74, 6) is 0.512. The first-order valence-electron chi connectivity index (χ1n) is 9.41. The molecule has 1 aliphatic heterocycles. The molecule has 0 bridgehead atoms. The van der Waals surface area contributed by atoms with Crippen molar-refractivity contribution in [3.63, 3.8) is 0 Å². The van der Waals surface area contributed by atoms with Gasteiger partial charge in [0.2, 0.25) is 5.91 Å². The number of nitrogens with zero attached hydrogens (tertiary/aromatic N) is 4. The molecule has 0 aliphatic carbocycles. The van der Waals surface area contributed by atoms with Crippen LogP contribution in [0.4, 0.5) is 0 Å². The minimum atomic E-state index is 0.146. The summed E-state index contributed by atoms with van der Waals surface area (Å²) in [7, 11) is 0. The zero-order chi connectivity index (χ0) is 19.1. The maximum Gasteiger partial charge on any atom is 0.233 e. The largest absolute Gasteiger partial charge is 0.337 e. The Morgan fingerprint density at radius 2 is 1.86 bits per heavy atom. The quantitative estimate of drug-likeness (QED) is 0.500. The first-order chi connectivity index (χ1) is 13.7. The fraction of sp³-hybridized carbons (Fsp3) is 0.227. The molecule has 0 unspecified atom stereocenters. The standard InChI is InChI=1S/C22H20N4OS/c1-15-12-20-23-24-22(26(20)19-9-5-4-8-18(15)19)28-14-21(27)25-11-10-16-6-2-3-7-17(16)13-25/h2-9,12H,10-11,13-14H2,1H3. The molecule has 4 aromatic rings. The van der Waals surface area contributed by atoms with Crippen molar-refractivity contribution in [3.8, 4) is 0 Å². The van der Waals surface area contributed by atoms with E-state index < -0.39 is 0 Å². The van der Waals surface area contributed by atoms with Crippen LogP contribution in [0.15, 0.2) is 59.8 Å². The van der Waals surface area contributed by atoms with Gasteiger partial charge in [-0.15, -0.1) is 10.2 Å². The normalized spacial score (nSPS) is 13.8. The summed E-state index contributed by atoms with van der Waals surface area (Å²) in [5, 5.41) is 10.6. The maximum atomic E-state index is 12.8. The summed E-state index contributed by atoms with van der Waals surface area (Å²) < 4.78 is 2.05. The van der Waals surface area contributed by atoms with Gasteiger partial charge in [0.25, 0.3) is 0 Å². The molecule has 6 heteroatoms. The number of fused-ring (bicyclic) bond motifs is 4. The van der Waals surface area contributed by atoms with Gasteiger partial charge in [-0.05, 0) is 42.2 Å². The molecule has 140 valence electrons. The number of carbonyl (C=O) groups is 1. The molecule has 5 nitrogen and oxygen atoms in total. The summed E-state index contributed by atoms with van der Waals surface area (Å²) in [6.45, 7) is 3.55. The van der Waals surface area contributed by atoms with Gasteiger partial charge in [0.15, 0.2) is 10.8 Å². The van der Waals surface area contributed by atoms with E-state index in [1.165, 1.54) is 33.8 Å². The third kappa shape index (κ3) is 2.94. The van der Waals surface area contributed by atoms with Crippen LogP contribution in [0.2, 0.25) is 0 Å². The van der Waals surface area contributed by atoms with Gasteiger partial charge < -0.3 is 4.90 Å². The van der Waals surface area contributed by atoms with Crippen molar-refractivity contribution in [2.45, 2.75) is 25.0 Å². The second kappa shape index (κ2) is 6.95. The van der Waals surface area contributed by atoms with Gasteiger partial charge >= 0.3 is 0 Å². The predicted octanol–water partition coefficient (Wildman–Crippen LogP) is 3.87. The van der Waals surface area contributed by atoms with Gasteiger partial charge in [-0.2, -0.15) is 0 Å². The predicted molar refractivity (Wildman–Crippen MR) is 112 cm³/mol. The first kappa shape index (κ1) is 17.3. The summed E-state index contributed by atoms with van der Waals surface area (Å²) in [4.78, 5) is 14.7. The zero-order valence-electron chi connectivity index (χ0n) is 15.6. The Kier molecular flexibility index (Phi) is 4.28. The van der Waals surface area contributed by atoms with Crippen LogP contribution in [0, 0.1) is 6.92 Å². The summed E-state index contributed by atoms with van der Waals surface area (Å²) in [5.41, 5.74) is 5.67. The van der Waals surface area contributed by atoms with Gasteiger partial charge in [0, 0.05) is 18.5 Å². The molecular formula is C22H20N4OS. The van der Waals surface area contributed by atoms with Crippen LogP contribution in [-0.2, 0) is 17.8 Å². The minimum absolute atomic E-state index is 0.146. The van der Waals surface area contributed by atoms with Crippen molar-refractivity contribution in [2.75, 3.05) is 12.3 Å². The average molecular weight is 388 g/mol. The number of hydrogen-bond donors (Lipinski definition) is 0. The third-order valence-electron chi connectivity index (χ3n) is 5.38. The van der Waals surface area contributed by atoms with E-state index in [0.717, 1.165) is 29.3 Å². The Hall–Kier alpha value is -2.86. The fourth-order valence-electron chi connectivity index (χ4n) is 3.89. The number of amides is 1. The van der Waals surface area contributed by atoms with E-state index in [-0.39, 0.29) is 5.91 Å². The summed E-state index contributed by atoms with van der Waals surface area (Å²) in [6, 6.07) is 18.7. The molecule has 2 aromatic carbocycles. The number of aryl methyl sites for hydroxylation is 1. The lowest BCUT2D eigenvalue weighted by atomic mass is 10.00. The van der Waals surface area contributed by atoms with E-state index in [0.29, 0.717) is 12.3 Å². The third-order valence-corrected chi connectivity index (χ3v) is 6.30. The molecule has 0 radical (unpaired) electrons. The average Bonchev–Trinajstić information content (AvgIpc) is 3.14. The van der Waals surface area contributed by atoms with Crippen LogP contribution >= 0.6 is 11.8 Å². The van der Waals surface area contributed by atoms with E-state index in [1.54, 1.807) is 0 Å². The van der Waals surface area contributed by atoms with E-state index in [1.807, 2.05) is 33.6 Å². The molecule has 0 saturated heterocycles. The van der Waals surface area contributed by atoms with E-state index in [2.05, 4.69) is 47.5 Å². The molecule has 28 heavy (non-hydrogen) atoms. The highest BCUT2D eigenvalue weighted by atomic mass is 32.2. The van der Waals surface area contributed by atoms with Crippen molar-refractivity contribution < 1.29 is 4.79 Å². The lowest BCUT2D eigenvalue weighted by Crippen LogP contribution is -2.37. The minimum Gasteiger partial charge on any atom is -0.337 e. The lowest BCUT2D eigenvalue weighted by molar-refractivity contribution is -0.129. The number of rotatable bonds is 3. The number of benzene rings is 2. The number of para-hydroxylation sites is 1. The Bertz CT molecular complexity index is 1200. The van der Waals surface area contributed by atoms with Crippen LogP contribution in [0.3, 0.4) is 0 Å². The van der Waals surface area contributed by atoms with Crippen LogP contribution in [0.5, 0.6) is 0 Å². The second-order valence-corrected chi connectivity index (χ2v) is 8.09. The number of aromatic nitrogens is 3. The smallest absolute Gasteiger partial charge is 0.233 e. The van der Waals surface area contributed by atoms with Crippen molar-refractivity contribution in [3.05, 3.63) is 71.3 Å². The number of pyridine rings is 1. The van der Waals surface area contributed by atoms with E-state index in [9.17, 15) is 4.79 Å². The first-order valence-corrected chi connectivity index (χ1v) is 10.4. The topological polar surface area (TPSA) is 50.5 Å². The van der Waals surface area contributed by atoms with Crippen LogP contribution in [0.25, 0.3) is 16.6 Å². The van der Waals surface area contributed by atoms with E-state index >= 15 is 0 Å². The van der Waals surface area contributed by atoms with Crippen molar-refractivity contribution >= 4 is 34.2 Å². The fourth-order valence-corrected chi connectivity index (χ4v) is 4.75. The Morgan fingerprint density at radius 1 is 1.07 bits per heavy atom. The van der Waals surface area contributed by atoms with Gasteiger partial charge in [-0.3, -0.25) is 9.20 Å². The Morgan fingerprint density at radius 3 is 2.75 bits per heavy atom. The molecule has 5 rings (SSSR count). The molecule has 1 amide bonds. The second-order valence-electron chi connectivity index (χ2n) is 7.14. The van der Waals surface area contributed by atoms with Crippen LogP contribution in [0.1, 0.15) is 16.7 Å². The molecular weight excluding hydrogens is 368 g/mol. The SMILES string of the molecule is Cc1cc2nnc(SCC(=O)N3CCc4ccccc4C3)n2c2ccccc12. The Balaban J connectivity index is 1.38. The van der Waals surface area contributed by atoms with Crippen molar-refractivity contribution in [1.29, 1.82) is 0 Å². The van der Waals surface area contributed by atoms with Crippen molar-refractivity contribution in [1.82, 2.24) is 19.5 Å². The highest BCUT2D eigenvalue weighted by Gasteiger charge is 2.21. The molecule has 0 atom stereocenters. The molecule has 1 aliphatic rings. The maximum absolute atomic E-state index is 12.8. The molecule has 0 N–H and O–H groups in total. The lowest BCUT2D eigenvalue weighted by Gasteiger charge is -2.28. The molecule has 3 heterocycles. The molecule has 0 fully saturated rings. The van der Waals surface area contributed by atoms with Crippen molar-refractivity contribution in [2.24, 2.45) is 0 Å². The summed E-state index contributed by atoms with van der Waals surface area (Å²) in [6.07, 6.45) is 0.921.